The maximum atomic E-state index is 13.2. The SMILES string of the molecule is CNC(=O)[C@H](Cc1ccc(OC)cc1)NC(=O)C(Cc1ccc(Cl)cc1S)CC(C)C. The molecule has 0 radical (unpaired) electrons. The Bertz CT molecular complexity index is 887. The fourth-order valence-corrected chi connectivity index (χ4v) is 4.05. The molecule has 2 amide bonds. The van der Waals surface area contributed by atoms with Gasteiger partial charge in [0.15, 0.2) is 0 Å². The van der Waals surface area contributed by atoms with Gasteiger partial charge in [0.1, 0.15) is 11.8 Å². The predicted octanol–water partition coefficient (Wildman–Crippen LogP) is 4.32. The van der Waals surface area contributed by atoms with E-state index < -0.39 is 6.04 Å². The number of hydrogen-bond acceptors (Lipinski definition) is 4. The highest BCUT2D eigenvalue weighted by atomic mass is 35.5. The first-order valence-corrected chi connectivity index (χ1v) is 11.2. The van der Waals surface area contributed by atoms with Crippen LogP contribution in [0, 0.1) is 11.8 Å². The van der Waals surface area contributed by atoms with Crippen LogP contribution < -0.4 is 15.4 Å². The highest BCUT2D eigenvalue weighted by Crippen LogP contribution is 2.25. The molecule has 2 aromatic carbocycles. The highest BCUT2D eigenvalue weighted by molar-refractivity contribution is 7.80. The van der Waals surface area contributed by atoms with Crippen molar-refractivity contribution in [3.8, 4) is 5.75 Å². The lowest BCUT2D eigenvalue weighted by atomic mass is 9.89. The van der Waals surface area contributed by atoms with Gasteiger partial charge >= 0.3 is 0 Å². The van der Waals surface area contributed by atoms with E-state index in [1.807, 2.05) is 30.3 Å². The normalized spacial score (nSPS) is 12.9. The van der Waals surface area contributed by atoms with Gasteiger partial charge in [0, 0.05) is 29.3 Å². The zero-order valence-electron chi connectivity index (χ0n) is 18.4. The van der Waals surface area contributed by atoms with Crippen molar-refractivity contribution in [1.82, 2.24) is 10.6 Å². The molecular weight excluding hydrogens is 432 g/mol. The number of carbonyl (C=O) groups excluding carboxylic acids is 2. The van der Waals surface area contributed by atoms with Gasteiger partial charge < -0.3 is 15.4 Å². The minimum Gasteiger partial charge on any atom is -0.497 e. The monoisotopic (exact) mass is 462 g/mol. The van der Waals surface area contributed by atoms with Crippen LogP contribution in [-0.4, -0.2) is 32.0 Å². The van der Waals surface area contributed by atoms with E-state index in [4.69, 9.17) is 16.3 Å². The summed E-state index contributed by atoms with van der Waals surface area (Å²) in [5, 5.41) is 6.23. The number of rotatable bonds is 10. The second-order valence-electron chi connectivity index (χ2n) is 8.03. The van der Waals surface area contributed by atoms with Crippen molar-refractivity contribution in [3.63, 3.8) is 0 Å². The summed E-state index contributed by atoms with van der Waals surface area (Å²) < 4.78 is 5.19. The molecule has 0 spiro atoms. The molecule has 168 valence electrons. The molecule has 31 heavy (non-hydrogen) atoms. The smallest absolute Gasteiger partial charge is 0.242 e. The Hall–Kier alpha value is -2.18. The van der Waals surface area contributed by atoms with E-state index >= 15 is 0 Å². The number of methoxy groups -OCH3 is 1. The first-order valence-electron chi connectivity index (χ1n) is 10.4. The summed E-state index contributed by atoms with van der Waals surface area (Å²) >= 11 is 10.5. The Labute approximate surface area is 195 Å². The van der Waals surface area contributed by atoms with Crippen molar-refractivity contribution in [3.05, 3.63) is 58.6 Å². The summed E-state index contributed by atoms with van der Waals surface area (Å²) in [7, 11) is 3.18. The molecule has 2 rings (SSSR count). The van der Waals surface area contributed by atoms with Crippen molar-refractivity contribution in [2.45, 2.75) is 44.0 Å². The molecule has 2 N–H and O–H groups in total. The Kier molecular flexibility index (Phi) is 9.72. The lowest BCUT2D eigenvalue weighted by Gasteiger charge is -2.24. The maximum Gasteiger partial charge on any atom is 0.242 e. The minimum atomic E-state index is -0.666. The largest absolute Gasteiger partial charge is 0.497 e. The van der Waals surface area contributed by atoms with Crippen LogP contribution in [-0.2, 0) is 22.4 Å². The first kappa shape index (κ1) is 25.1. The van der Waals surface area contributed by atoms with Crippen LogP contribution in [0.3, 0.4) is 0 Å². The molecule has 0 saturated carbocycles. The topological polar surface area (TPSA) is 67.4 Å². The minimum absolute atomic E-state index is 0.140. The van der Waals surface area contributed by atoms with Crippen molar-refractivity contribution in [1.29, 1.82) is 0 Å². The summed E-state index contributed by atoms with van der Waals surface area (Å²) in [5.41, 5.74) is 1.89. The van der Waals surface area contributed by atoms with E-state index in [0.717, 1.165) is 21.8 Å². The van der Waals surface area contributed by atoms with Crippen LogP contribution in [0.25, 0.3) is 0 Å². The fraction of sp³-hybridized carbons (Fsp3) is 0.417. The average molecular weight is 463 g/mol. The molecule has 0 aliphatic rings. The van der Waals surface area contributed by atoms with E-state index in [9.17, 15) is 9.59 Å². The number of hydrogen-bond donors (Lipinski definition) is 3. The van der Waals surface area contributed by atoms with Crippen LogP contribution in [0.5, 0.6) is 5.75 Å². The van der Waals surface area contributed by atoms with Gasteiger partial charge in [-0.3, -0.25) is 9.59 Å². The van der Waals surface area contributed by atoms with Crippen molar-refractivity contribution < 1.29 is 14.3 Å². The number of amides is 2. The molecule has 0 bridgehead atoms. The number of halogens is 1. The summed E-state index contributed by atoms with van der Waals surface area (Å²) in [6, 6.07) is 12.3. The van der Waals surface area contributed by atoms with Gasteiger partial charge in [-0.1, -0.05) is 43.6 Å². The number of benzene rings is 2. The van der Waals surface area contributed by atoms with Crippen LogP contribution in [0.4, 0.5) is 0 Å². The quantitative estimate of drug-likeness (QED) is 0.461. The first-order chi connectivity index (χ1) is 14.7. The molecule has 5 nitrogen and oxygen atoms in total. The third kappa shape index (κ3) is 7.78. The van der Waals surface area contributed by atoms with Gasteiger partial charge in [-0.05, 0) is 54.2 Å². The number of carbonyl (C=O) groups is 2. The third-order valence-corrected chi connectivity index (χ3v) is 5.77. The maximum absolute atomic E-state index is 13.2. The molecule has 0 heterocycles. The fourth-order valence-electron chi connectivity index (χ4n) is 3.50. The molecule has 7 heteroatoms. The second kappa shape index (κ2) is 12.0. The lowest BCUT2D eigenvalue weighted by Crippen LogP contribution is -2.49. The van der Waals surface area contributed by atoms with E-state index in [1.54, 1.807) is 26.3 Å². The highest BCUT2D eigenvalue weighted by Gasteiger charge is 2.26. The molecule has 0 aromatic heterocycles. The van der Waals surface area contributed by atoms with Gasteiger partial charge in [0.2, 0.25) is 11.8 Å². The zero-order chi connectivity index (χ0) is 23.0. The van der Waals surface area contributed by atoms with Crippen molar-refractivity contribution in [2.75, 3.05) is 14.2 Å². The Morgan fingerprint density at radius 1 is 1.06 bits per heavy atom. The van der Waals surface area contributed by atoms with Gasteiger partial charge in [-0.2, -0.15) is 0 Å². The molecule has 0 aliphatic heterocycles. The Morgan fingerprint density at radius 3 is 2.29 bits per heavy atom. The molecule has 0 saturated heterocycles. The zero-order valence-corrected chi connectivity index (χ0v) is 20.1. The molecule has 2 atom stereocenters. The number of likely N-dealkylation sites (N-methyl/N-ethyl adjacent to an activating group) is 1. The standard InChI is InChI=1S/C24H31ClN2O3S/c1-15(2)11-18(13-17-7-8-19(25)14-22(17)31)23(28)27-21(24(29)26-3)12-16-5-9-20(30-4)10-6-16/h5-10,14-15,18,21,31H,11-13H2,1-4H3,(H,26,29)(H,27,28)/t18?,21-/m0/s1. The number of thiol groups is 1. The molecule has 2 aromatic rings. The summed E-state index contributed by atoms with van der Waals surface area (Å²) in [5.74, 6) is 0.417. The summed E-state index contributed by atoms with van der Waals surface area (Å²) in [6.45, 7) is 4.16. The number of nitrogens with one attached hydrogen (secondary N) is 2. The third-order valence-electron chi connectivity index (χ3n) is 5.12. The Morgan fingerprint density at radius 2 is 1.74 bits per heavy atom. The second-order valence-corrected chi connectivity index (χ2v) is 8.95. The van der Waals surface area contributed by atoms with Crippen molar-refractivity contribution >= 4 is 36.0 Å². The van der Waals surface area contributed by atoms with Gasteiger partial charge in [-0.15, -0.1) is 12.6 Å². The Balaban J connectivity index is 2.18. The van der Waals surface area contributed by atoms with Gasteiger partial charge in [0.05, 0.1) is 7.11 Å². The molecular formula is C24H31ClN2O3S. The summed E-state index contributed by atoms with van der Waals surface area (Å²) in [6.07, 6.45) is 1.62. The predicted molar refractivity (Wildman–Crippen MR) is 128 cm³/mol. The van der Waals surface area contributed by atoms with E-state index in [1.165, 1.54) is 0 Å². The van der Waals surface area contributed by atoms with Crippen LogP contribution in [0.15, 0.2) is 47.4 Å². The van der Waals surface area contributed by atoms with Crippen LogP contribution in [0.2, 0.25) is 5.02 Å². The molecule has 0 aliphatic carbocycles. The number of ether oxygens (including phenoxy) is 1. The van der Waals surface area contributed by atoms with E-state index in [2.05, 4.69) is 37.1 Å². The van der Waals surface area contributed by atoms with E-state index in [0.29, 0.717) is 30.2 Å². The van der Waals surface area contributed by atoms with Crippen LogP contribution in [0.1, 0.15) is 31.4 Å². The molecule has 1 unspecified atom stereocenters. The molecule has 0 fully saturated rings. The van der Waals surface area contributed by atoms with Gasteiger partial charge in [-0.25, -0.2) is 0 Å². The van der Waals surface area contributed by atoms with Crippen LogP contribution >= 0.6 is 24.2 Å². The van der Waals surface area contributed by atoms with Gasteiger partial charge in [0.25, 0.3) is 0 Å². The van der Waals surface area contributed by atoms with Crippen molar-refractivity contribution in [2.24, 2.45) is 11.8 Å². The summed E-state index contributed by atoms with van der Waals surface area (Å²) in [4.78, 5) is 26.5. The lowest BCUT2D eigenvalue weighted by molar-refractivity contribution is -0.131. The van der Waals surface area contributed by atoms with E-state index in [-0.39, 0.29) is 17.7 Å². The average Bonchev–Trinajstić information content (AvgIpc) is 2.74.